The molecule has 0 saturated carbocycles. The van der Waals surface area contributed by atoms with Crippen LogP contribution < -0.4 is 10.2 Å². The van der Waals surface area contributed by atoms with Gasteiger partial charge in [-0.25, -0.2) is 0 Å². The zero-order valence-corrected chi connectivity index (χ0v) is 7.77. The minimum Gasteiger partial charge on any atom is -0.493 e. The first kappa shape index (κ1) is 10.6. The van der Waals surface area contributed by atoms with Crippen molar-refractivity contribution in [3.05, 3.63) is 23.8 Å². The maximum absolute atomic E-state index is 8.98. The highest BCUT2D eigenvalue weighted by Crippen LogP contribution is 2.15. The van der Waals surface area contributed by atoms with Crippen molar-refractivity contribution in [3.63, 3.8) is 0 Å². The van der Waals surface area contributed by atoms with Crippen LogP contribution in [-0.2, 0) is 0 Å². The van der Waals surface area contributed by atoms with E-state index in [2.05, 4.69) is 0 Å². The van der Waals surface area contributed by atoms with Gasteiger partial charge in [0.2, 0.25) is 0 Å². The van der Waals surface area contributed by atoms with Crippen molar-refractivity contribution in [2.45, 2.75) is 6.92 Å². The van der Waals surface area contributed by atoms with Crippen LogP contribution >= 0.6 is 0 Å². The van der Waals surface area contributed by atoms with Crippen LogP contribution in [0, 0.1) is 11.3 Å². The third-order valence-corrected chi connectivity index (χ3v) is 1.75. The van der Waals surface area contributed by atoms with Gasteiger partial charge in [-0.05, 0) is 13.0 Å². The van der Waals surface area contributed by atoms with Gasteiger partial charge in [0.25, 0.3) is 0 Å². The molecule has 1 aromatic rings. The minimum atomic E-state index is -1.65. The molecule has 0 amide bonds. The zero-order chi connectivity index (χ0) is 10.6. The summed E-state index contributed by atoms with van der Waals surface area (Å²) in [7, 11) is -1.65. The van der Waals surface area contributed by atoms with Crippen LogP contribution in [0.1, 0.15) is 12.5 Å². The third-order valence-electron chi connectivity index (χ3n) is 1.75. The standard InChI is InChI=1S/C9H10BNO3/c1-2-14-9-5-3-4-8(10(12)13)7(9)6-11/h3-5,12-13H,2H2,1H3. The molecule has 0 aliphatic rings. The van der Waals surface area contributed by atoms with E-state index in [1.165, 1.54) is 6.07 Å². The van der Waals surface area contributed by atoms with Crippen molar-refractivity contribution >= 4 is 12.6 Å². The third kappa shape index (κ3) is 2.05. The number of rotatable bonds is 3. The Balaban J connectivity index is 3.20. The molecular formula is C9H10BNO3. The summed E-state index contributed by atoms with van der Waals surface area (Å²) in [5.74, 6) is 0.376. The largest absolute Gasteiger partial charge is 0.493 e. The molecule has 5 heteroatoms. The highest BCUT2D eigenvalue weighted by atomic mass is 16.5. The van der Waals surface area contributed by atoms with E-state index < -0.39 is 7.12 Å². The monoisotopic (exact) mass is 191 g/mol. The normalized spacial score (nSPS) is 9.29. The lowest BCUT2D eigenvalue weighted by Gasteiger charge is -2.08. The van der Waals surface area contributed by atoms with E-state index in [0.717, 1.165) is 0 Å². The molecule has 0 heterocycles. The fraction of sp³-hybridized carbons (Fsp3) is 0.222. The maximum Gasteiger partial charge on any atom is 0.489 e. The molecule has 0 spiro atoms. The van der Waals surface area contributed by atoms with E-state index in [0.29, 0.717) is 12.4 Å². The fourth-order valence-electron chi connectivity index (χ4n) is 1.16. The lowest BCUT2D eigenvalue weighted by Crippen LogP contribution is -2.32. The molecule has 0 aliphatic heterocycles. The average molecular weight is 191 g/mol. The number of nitrogens with zero attached hydrogens (tertiary/aromatic N) is 1. The summed E-state index contributed by atoms with van der Waals surface area (Å²) in [5.41, 5.74) is 0.336. The zero-order valence-electron chi connectivity index (χ0n) is 7.77. The molecule has 0 bridgehead atoms. The van der Waals surface area contributed by atoms with Gasteiger partial charge in [-0.2, -0.15) is 5.26 Å². The molecule has 0 fully saturated rings. The first-order valence-electron chi connectivity index (χ1n) is 4.22. The van der Waals surface area contributed by atoms with Crippen molar-refractivity contribution in [3.8, 4) is 11.8 Å². The summed E-state index contributed by atoms with van der Waals surface area (Å²) in [6.07, 6.45) is 0. The second kappa shape index (κ2) is 4.65. The van der Waals surface area contributed by atoms with Gasteiger partial charge in [0.05, 0.1) is 12.2 Å². The molecule has 2 N–H and O–H groups in total. The average Bonchev–Trinajstić information content (AvgIpc) is 2.18. The maximum atomic E-state index is 8.98. The highest BCUT2D eigenvalue weighted by molar-refractivity contribution is 6.59. The molecule has 0 aliphatic carbocycles. The Morgan fingerprint density at radius 1 is 1.50 bits per heavy atom. The summed E-state index contributed by atoms with van der Waals surface area (Å²) in [6, 6.07) is 6.59. The molecule has 0 aromatic heterocycles. The first-order valence-corrected chi connectivity index (χ1v) is 4.22. The fourth-order valence-corrected chi connectivity index (χ4v) is 1.16. The molecule has 1 aromatic carbocycles. The number of hydrogen-bond acceptors (Lipinski definition) is 4. The van der Waals surface area contributed by atoms with E-state index in [1.807, 2.05) is 6.07 Å². The Labute approximate surface area is 82.5 Å². The SMILES string of the molecule is CCOc1cccc(B(O)O)c1C#N. The van der Waals surface area contributed by atoms with E-state index >= 15 is 0 Å². The van der Waals surface area contributed by atoms with Crippen molar-refractivity contribution < 1.29 is 14.8 Å². The van der Waals surface area contributed by atoms with Crippen LogP contribution in [-0.4, -0.2) is 23.8 Å². The lowest BCUT2D eigenvalue weighted by atomic mass is 9.77. The van der Waals surface area contributed by atoms with Crippen LogP contribution in [0.15, 0.2) is 18.2 Å². The first-order chi connectivity index (χ1) is 6.70. The summed E-state index contributed by atoms with van der Waals surface area (Å²) >= 11 is 0. The van der Waals surface area contributed by atoms with Gasteiger partial charge in [-0.3, -0.25) is 0 Å². The quantitative estimate of drug-likeness (QED) is 0.639. The smallest absolute Gasteiger partial charge is 0.489 e. The van der Waals surface area contributed by atoms with E-state index in [1.54, 1.807) is 19.1 Å². The van der Waals surface area contributed by atoms with Crippen molar-refractivity contribution in [1.82, 2.24) is 0 Å². The second-order valence-corrected chi connectivity index (χ2v) is 2.64. The van der Waals surface area contributed by atoms with Gasteiger partial charge >= 0.3 is 7.12 Å². The Kier molecular flexibility index (Phi) is 3.51. The number of hydrogen-bond donors (Lipinski definition) is 2. The van der Waals surface area contributed by atoms with Gasteiger partial charge in [0.15, 0.2) is 0 Å². The van der Waals surface area contributed by atoms with Crippen molar-refractivity contribution in [1.29, 1.82) is 5.26 Å². The Bertz CT molecular complexity index is 360. The summed E-state index contributed by atoms with van der Waals surface area (Å²) in [6.45, 7) is 2.23. The van der Waals surface area contributed by atoms with E-state index in [-0.39, 0.29) is 11.0 Å². The van der Waals surface area contributed by atoms with Crippen LogP contribution in [0.3, 0.4) is 0 Å². The predicted molar refractivity (Wildman–Crippen MR) is 52.2 cm³/mol. The number of ether oxygens (including phenoxy) is 1. The van der Waals surface area contributed by atoms with E-state index in [4.69, 9.17) is 20.0 Å². The molecule has 72 valence electrons. The summed E-state index contributed by atoms with van der Waals surface area (Å²) in [4.78, 5) is 0. The number of benzene rings is 1. The Hall–Kier alpha value is -1.51. The molecule has 0 radical (unpaired) electrons. The van der Waals surface area contributed by atoms with Crippen LogP contribution in [0.25, 0.3) is 0 Å². The van der Waals surface area contributed by atoms with Gasteiger partial charge in [0.1, 0.15) is 11.8 Å². The molecular weight excluding hydrogens is 181 g/mol. The molecule has 4 nitrogen and oxygen atoms in total. The molecule has 14 heavy (non-hydrogen) atoms. The minimum absolute atomic E-state index is 0.165. The number of nitriles is 1. The summed E-state index contributed by atoms with van der Waals surface area (Å²) < 4.78 is 5.17. The molecule has 1 rings (SSSR count). The topological polar surface area (TPSA) is 73.5 Å². The highest BCUT2D eigenvalue weighted by Gasteiger charge is 2.18. The lowest BCUT2D eigenvalue weighted by molar-refractivity contribution is 0.339. The van der Waals surface area contributed by atoms with Gasteiger partial charge in [-0.1, -0.05) is 12.1 Å². The van der Waals surface area contributed by atoms with Gasteiger partial charge in [-0.15, -0.1) is 0 Å². The van der Waals surface area contributed by atoms with E-state index in [9.17, 15) is 0 Å². The van der Waals surface area contributed by atoms with Crippen LogP contribution in [0.4, 0.5) is 0 Å². The Morgan fingerprint density at radius 3 is 2.71 bits per heavy atom. The second-order valence-electron chi connectivity index (χ2n) is 2.64. The van der Waals surface area contributed by atoms with Crippen molar-refractivity contribution in [2.75, 3.05) is 6.61 Å². The molecule has 0 atom stereocenters. The van der Waals surface area contributed by atoms with Crippen LogP contribution in [0.5, 0.6) is 5.75 Å². The Morgan fingerprint density at radius 2 is 2.21 bits per heavy atom. The van der Waals surface area contributed by atoms with Crippen LogP contribution in [0.2, 0.25) is 0 Å². The van der Waals surface area contributed by atoms with Gasteiger partial charge < -0.3 is 14.8 Å². The molecule has 0 saturated heterocycles. The predicted octanol–water partition coefficient (Wildman–Crippen LogP) is -0.363. The summed E-state index contributed by atoms with van der Waals surface area (Å²) in [5, 5.41) is 26.8. The van der Waals surface area contributed by atoms with Gasteiger partial charge in [0, 0.05) is 5.46 Å². The van der Waals surface area contributed by atoms with Crippen molar-refractivity contribution in [2.24, 2.45) is 0 Å². The molecule has 0 unspecified atom stereocenters.